The summed E-state index contributed by atoms with van der Waals surface area (Å²) in [5, 5.41) is 15.1. The Morgan fingerprint density at radius 2 is 1.90 bits per heavy atom. The van der Waals surface area contributed by atoms with E-state index in [1.807, 2.05) is 0 Å². The maximum Gasteiger partial charge on any atom is 0.415 e. The minimum Gasteiger partial charge on any atom is -0.546 e. The summed E-state index contributed by atoms with van der Waals surface area (Å²) >= 11 is -2.18. The van der Waals surface area contributed by atoms with Gasteiger partial charge in [-0.25, -0.2) is 0 Å². The van der Waals surface area contributed by atoms with Gasteiger partial charge in [0.25, 0.3) is 5.91 Å². The van der Waals surface area contributed by atoms with E-state index in [1.165, 1.54) is 56.3 Å². The van der Waals surface area contributed by atoms with Crippen molar-refractivity contribution in [1.82, 2.24) is 13.6 Å². The molecule has 0 aliphatic heterocycles. The van der Waals surface area contributed by atoms with Crippen LogP contribution in [-0.2, 0) is 0 Å². The highest BCUT2D eigenvalue weighted by Gasteiger charge is 2.44. The number of carbonyl (C=O) groups excluding carboxylic acids is 1. The van der Waals surface area contributed by atoms with E-state index in [2.05, 4.69) is 19.4 Å². The van der Waals surface area contributed by atoms with E-state index in [4.69, 9.17) is 4.42 Å². The van der Waals surface area contributed by atoms with E-state index in [9.17, 15) is 27.6 Å². The van der Waals surface area contributed by atoms with Gasteiger partial charge in [0.2, 0.25) is 11.6 Å². The highest BCUT2D eigenvalue weighted by molar-refractivity contribution is 7.14. The molecule has 0 bridgehead atoms. The Morgan fingerprint density at radius 1 is 1.23 bits per heavy atom. The first-order chi connectivity index (χ1) is 14.5. The molecule has 31 heavy (non-hydrogen) atoms. The third-order valence-electron chi connectivity index (χ3n) is 4.14. The molecule has 166 valence electrons. The Labute approximate surface area is 177 Å². The molecule has 13 heteroatoms. The monoisotopic (exact) mass is 457 g/mol. The number of rotatable bonds is 6. The molecule has 1 aromatic carbocycles. The Morgan fingerprint density at radius 3 is 2.48 bits per heavy atom. The molecular weight excluding hydrogens is 439 g/mol. The van der Waals surface area contributed by atoms with Crippen LogP contribution in [-0.4, -0.2) is 49.5 Å². The van der Waals surface area contributed by atoms with Gasteiger partial charge in [-0.05, 0) is 31.2 Å². The molecule has 3 rings (SSSR count). The number of amides is 1. The molecule has 2 atom stereocenters. The minimum atomic E-state index is -4.76. The van der Waals surface area contributed by atoms with Crippen molar-refractivity contribution in [2.75, 3.05) is 24.7 Å². The van der Waals surface area contributed by atoms with Crippen molar-refractivity contribution in [3.8, 4) is 5.75 Å². The number of benzene rings is 1. The number of furan rings is 1. The molecule has 2 heterocycles. The molecular formula is C18H18F3N5O4S. The average molecular weight is 457 g/mol. The lowest BCUT2D eigenvalue weighted by molar-refractivity contribution is -0.147. The van der Waals surface area contributed by atoms with Crippen molar-refractivity contribution in [1.29, 1.82) is 0 Å². The number of phenols is 1. The van der Waals surface area contributed by atoms with Crippen LogP contribution in [0.15, 0.2) is 34.7 Å². The summed E-state index contributed by atoms with van der Waals surface area (Å²) in [6.07, 6.45) is -4.76. The van der Waals surface area contributed by atoms with Crippen LogP contribution in [0.1, 0.15) is 27.9 Å². The lowest BCUT2D eigenvalue weighted by Gasteiger charge is -2.19. The molecule has 0 aliphatic rings. The van der Waals surface area contributed by atoms with Crippen LogP contribution in [0.2, 0.25) is 0 Å². The summed E-state index contributed by atoms with van der Waals surface area (Å²) in [5.74, 6) is -1.82. The summed E-state index contributed by atoms with van der Waals surface area (Å²) in [7, 11) is 2.99. The van der Waals surface area contributed by atoms with E-state index in [-0.39, 0.29) is 22.8 Å². The van der Waals surface area contributed by atoms with Gasteiger partial charge in [0.15, 0.2) is 22.9 Å². The van der Waals surface area contributed by atoms with Gasteiger partial charge in [-0.1, -0.05) is 6.07 Å². The first-order valence-corrected chi connectivity index (χ1v) is 9.83. The highest BCUT2D eigenvalue weighted by atomic mass is 32.2. The second-order valence-electron chi connectivity index (χ2n) is 6.70. The van der Waals surface area contributed by atoms with Gasteiger partial charge in [-0.3, -0.25) is 4.79 Å². The van der Waals surface area contributed by atoms with Gasteiger partial charge in [-0.2, -0.15) is 13.2 Å². The minimum absolute atomic E-state index is 0.0303. The van der Waals surface area contributed by atoms with E-state index in [0.717, 1.165) is 0 Å². The number of alkyl halides is 3. The number of hydrogen-bond acceptors (Lipinski definition) is 8. The summed E-state index contributed by atoms with van der Waals surface area (Å²) in [4.78, 5) is 13.4. The van der Waals surface area contributed by atoms with Crippen LogP contribution >= 0.6 is 11.1 Å². The number of aryl methyl sites for hydroxylation is 1. The molecule has 1 amide bonds. The van der Waals surface area contributed by atoms with Crippen molar-refractivity contribution in [3.05, 3.63) is 47.4 Å². The van der Waals surface area contributed by atoms with Crippen LogP contribution in [0.3, 0.4) is 0 Å². The predicted octanol–water partition coefficient (Wildman–Crippen LogP) is 3.97. The lowest BCUT2D eigenvalue weighted by atomic mass is 10.1. The van der Waals surface area contributed by atoms with Gasteiger partial charge < -0.3 is 29.6 Å². The zero-order chi connectivity index (χ0) is 22.9. The first-order valence-electron chi connectivity index (χ1n) is 8.77. The highest BCUT2D eigenvalue weighted by Crippen LogP contribution is 2.39. The van der Waals surface area contributed by atoms with Gasteiger partial charge in [-0.15, -0.1) is 0 Å². The number of aromatic hydroxyl groups is 1. The van der Waals surface area contributed by atoms with Crippen molar-refractivity contribution in [2.24, 2.45) is 0 Å². The Hall–Kier alpha value is -3.32. The Kier molecular flexibility index (Phi) is 6.08. The Balaban J connectivity index is 1.94. The zero-order valence-electron chi connectivity index (χ0n) is 16.5. The summed E-state index contributed by atoms with van der Waals surface area (Å²) in [6, 6.07) is 4.48. The number of hydrogen-bond donors (Lipinski definition) is 3. The number of para-hydroxylation sites is 1. The molecule has 3 aromatic rings. The van der Waals surface area contributed by atoms with Gasteiger partial charge >= 0.3 is 6.18 Å². The molecule has 0 spiro atoms. The zero-order valence-corrected chi connectivity index (χ0v) is 17.3. The molecule has 3 N–H and O–H groups in total. The van der Waals surface area contributed by atoms with Crippen molar-refractivity contribution < 1.29 is 32.0 Å². The number of phenolic OH excluding ortho intramolecular Hbond substituents is 1. The third-order valence-corrected chi connectivity index (χ3v) is 4.82. The Bertz CT molecular complexity index is 1100. The van der Waals surface area contributed by atoms with Crippen LogP contribution in [0.25, 0.3) is 0 Å². The van der Waals surface area contributed by atoms with Crippen molar-refractivity contribution >= 4 is 34.4 Å². The maximum atomic E-state index is 13.6. The molecule has 0 saturated heterocycles. The number of halogens is 3. The van der Waals surface area contributed by atoms with E-state index in [0.29, 0.717) is 0 Å². The summed E-state index contributed by atoms with van der Waals surface area (Å²) in [5.41, 5.74) is -0.0716. The fourth-order valence-corrected chi connectivity index (χ4v) is 3.31. The number of nitrogens with one attached hydrogen (secondary N) is 2. The predicted molar refractivity (Wildman–Crippen MR) is 106 cm³/mol. The molecule has 0 aliphatic carbocycles. The second-order valence-corrected chi connectivity index (χ2v) is 7.53. The largest absolute Gasteiger partial charge is 0.546 e. The van der Waals surface area contributed by atoms with Gasteiger partial charge in [0, 0.05) is 22.8 Å². The maximum absolute atomic E-state index is 13.6. The van der Waals surface area contributed by atoms with Crippen LogP contribution < -0.4 is 10.6 Å². The van der Waals surface area contributed by atoms with E-state index < -0.39 is 46.6 Å². The molecule has 0 saturated carbocycles. The normalized spacial score (nSPS) is 13.1. The first kappa shape index (κ1) is 22.4. The summed E-state index contributed by atoms with van der Waals surface area (Å²) in [6.45, 7) is 1.50. The second kappa shape index (κ2) is 8.43. The molecule has 0 fully saturated rings. The topological polar surface area (TPSA) is 127 Å². The third kappa shape index (κ3) is 4.88. The van der Waals surface area contributed by atoms with E-state index in [1.54, 1.807) is 0 Å². The number of aromatic nitrogens is 2. The van der Waals surface area contributed by atoms with Gasteiger partial charge in [0.1, 0.15) is 11.5 Å². The standard InChI is InChI=1S/C18H18F3N5O4S/c1-9-7-8-12(30-9)14(18(19,20)21)23-16-15(24-31(29)25-16)22-11-6-4-5-10(13(11)27)17(28)26(2)3/h4-8,14,27H,1-3H3,(H,22,24)(H,23,25). The fraction of sp³-hybridized carbons (Fsp3) is 0.278. The fourth-order valence-electron chi connectivity index (χ4n) is 2.68. The molecule has 2 aromatic heterocycles. The van der Waals surface area contributed by atoms with E-state index >= 15 is 0 Å². The summed E-state index contributed by atoms with van der Waals surface area (Å²) < 4.78 is 64.9. The number of nitrogens with zero attached hydrogens (tertiary/aromatic N) is 3. The number of anilines is 3. The molecule has 2 unspecified atom stereocenters. The quantitative estimate of drug-likeness (QED) is 0.375. The van der Waals surface area contributed by atoms with Crippen LogP contribution in [0.4, 0.5) is 30.5 Å². The molecule has 9 nitrogen and oxygen atoms in total. The number of carbonyl (C=O) groups is 1. The lowest BCUT2D eigenvalue weighted by Crippen LogP contribution is -2.28. The van der Waals surface area contributed by atoms with Crippen molar-refractivity contribution in [2.45, 2.75) is 19.1 Å². The van der Waals surface area contributed by atoms with Gasteiger partial charge in [0.05, 0.1) is 11.3 Å². The van der Waals surface area contributed by atoms with Crippen LogP contribution in [0.5, 0.6) is 5.75 Å². The van der Waals surface area contributed by atoms with Crippen molar-refractivity contribution in [3.63, 3.8) is 0 Å². The van der Waals surface area contributed by atoms with Crippen LogP contribution in [0, 0.1) is 6.92 Å². The SMILES string of the molecule is Cc1ccc(C(Nc2n[s+]([O-])nc2Nc2cccc(C(=O)N(C)C)c2O)C(F)(F)F)o1. The smallest absolute Gasteiger partial charge is 0.415 e. The average Bonchev–Trinajstić information content (AvgIpc) is 3.24. The molecule has 0 radical (unpaired) electrons.